The van der Waals surface area contributed by atoms with Crippen molar-refractivity contribution >= 4 is 18.3 Å². The third-order valence-electron chi connectivity index (χ3n) is 5.41. The predicted octanol–water partition coefficient (Wildman–Crippen LogP) is 3.08. The van der Waals surface area contributed by atoms with Crippen molar-refractivity contribution in [3.05, 3.63) is 0 Å². The van der Waals surface area contributed by atoms with Gasteiger partial charge in [0, 0.05) is 19.0 Å². The normalized spacial score (nSPS) is 23.5. The largest absolute Gasteiger partial charge is 0.342 e. The lowest BCUT2D eigenvalue weighted by molar-refractivity contribution is -0.134. The predicted molar refractivity (Wildman–Crippen MR) is 86.2 cm³/mol. The van der Waals surface area contributed by atoms with Crippen LogP contribution in [0.3, 0.4) is 0 Å². The highest BCUT2D eigenvalue weighted by molar-refractivity contribution is 5.85. The van der Waals surface area contributed by atoms with E-state index in [-0.39, 0.29) is 12.4 Å². The molecule has 0 bridgehead atoms. The van der Waals surface area contributed by atoms with Crippen molar-refractivity contribution in [2.75, 3.05) is 26.2 Å². The van der Waals surface area contributed by atoms with Gasteiger partial charge >= 0.3 is 0 Å². The lowest BCUT2D eigenvalue weighted by Gasteiger charge is -2.28. The summed E-state index contributed by atoms with van der Waals surface area (Å²) >= 11 is 0. The van der Waals surface area contributed by atoms with Gasteiger partial charge in [0.2, 0.25) is 5.91 Å². The molecule has 1 aliphatic carbocycles. The van der Waals surface area contributed by atoms with Gasteiger partial charge in [-0.25, -0.2) is 0 Å². The number of halogens is 1. The first-order valence-corrected chi connectivity index (χ1v) is 8.16. The van der Waals surface area contributed by atoms with E-state index in [9.17, 15) is 4.79 Å². The van der Waals surface area contributed by atoms with Crippen LogP contribution in [0.5, 0.6) is 0 Å². The summed E-state index contributed by atoms with van der Waals surface area (Å²) in [5, 5.41) is 3.41. The molecule has 0 aromatic carbocycles. The lowest BCUT2D eigenvalue weighted by Crippen LogP contribution is -2.38. The Balaban J connectivity index is 0.00000200. The summed E-state index contributed by atoms with van der Waals surface area (Å²) in [6, 6.07) is 0. The second kappa shape index (κ2) is 7.65. The lowest BCUT2D eigenvalue weighted by atomic mass is 9.91. The Morgan fingerprint density at radius 1 is 1.25 bits per heavy atom. The SMILES string of the molecule is CCC(CC)CN(CC)C(=O)C1CC12CCNCC2.Cl. The van der Waals surface area contributed by atoms with Crippen LogP contribution in [0, 0.1) is 17.3 Å². The molecular formula is C16H31ClN2O. The number of hydrogen-bond acceptors (Lipinski definition) is 2. The Kier molecular flexibility index (Phi) is 6.80. The molecule has 0 radical (unpaired) electrons. The Labute approximate surface area is 130 Å². The van der Waals surface area contributed by atoms with Gasteiger partial charge in [0.15, 0.2) is 0 Å². The second-order valence-electron chi connectivity index (χ2n) is 6.43. The van der Waals surface area contributed by atoms with Crippen LogP contribution in [0.2, 0.25) is 0 Å². The Morgan fingerprint density at radius 3 is 2.35 bits per heavy atom. The average Bonchev–Trinajstić information content (AvgIpc) is 3.14. The van der Waals surface area contributed by atoms with Crippen molar-refractivity contribution in [2.24, 2.45) is 17.3 Å². The van der Waals surface area contributed by atoms with Crippen molar-refractivity contribution in [2.45, 2.75) is 52.9 Å². The van der Waals surface area contributed by atoms with E-state index in [1.54, 1.807) is 0 Å². The summed E-state index contributed by atoms with van der Waals surface area (Å²) in [5.74, 6) is 1.45. The Bertz CT molecular complexity index is 312. The monoisotopic (exact) mass is 302 g/mol. The number of hydrogen-bond donors (Lipinski definition) is 1. The van der Waals surface area contributed by atoms with Crippen LogP contribution in [-0.4, -0.2) is 37.0 Å². The van der Waals surface area contributed by atoms with Crippen molar-refractivity contribution < 1.29 is 4.79 Å². The van der Waals surface area contributed by atoms with Gasteiger partial charge in [-0.3, -0.25) is 4.79 Å². The van der Waals surface area contributed by atoms with E-state index in [2.05, 4.69) is 31.0 Å². The molecule has 118 valence electrons. The van der Waals surface area contributed by atoms with Crippen LogP contribution in [0.4, 0.5) is 0 Å². The molecule has 3 nitrogen and oxygen atoms in total. The van der Waals surface area contributed by atoms with Gasteiger partial charge in [0.05, 0.1) is 0 Å². The topological polar surface area (TPSA) is 32.3 Å². The highest BCUT2D eigenvalue weighted by atomic mass is 35.5. The number of amides is 1. The number of piperidine rings is 1. The van der Waals surface area contributed by atoms with Crippen LogP contribution >= 0.6 is 12.4 Å². The molecule has 4 heteroatoms. The summed E-state index contributed by atoms with van der Waals surface area (Å²) in [6.07, 6.45) is 5.91. The van der Waals surface area contributed by atoms with E-state index < -0.39 is 0 Å². The summed E-state index contributed by atoms with van der Waals surface area (Å²) in [7, 11) is 0. The molecule has 2 fully saturated rings. The van der Waals surface area contributed by atoms with Gasteiger partial charge in [-0.2, -0.15) is 0 Å². The quantitative estimate of drug-likeness (QED) is 0.818. The van der Waals surface area contributed by atoms with E-state index in [0.29, 0.717) is 23.2 Å². The minimum atomic E-state index is 0. The molecule has 0 aromatic rings. The molecule has 1 saturated heterocycles. The molecule has 1 atom stereocenters. The molecule has 1 aliphatic heterocycles. The van der Waals surface area contributed by atoms with E-state index >= 15 is 0 Å². The molecule has 2 aliphatic rings. The van der Waals surface area contributed by atoms with Crippen LogP contribution < -0.4 is 5.32 Å². The standard InChI is InChI=1S/C16H30N2O.ClH/c1-4-13(5-2)12-18(6-3)15(19)14-11-16(14)7-9-17-10-8-16;/h13-14,17H,4-12H2,1-3H3;1H. The molecular weight excluding hydrogens is 272 g/mol. The Morgan fingerprint density at radius 2 is 1.85 bits per heavy atom. The van der Waals surface area contributed by atoms with Crippen LogP contribution in [0.25, 0.3) is 0 Å². The highest BCUT2D eigenvalue weighted by Crippen LogP contribution is 2.59. The van der Waals surface area contributed by atoms with Crippen LogP contribution in [-0.2, 0) is 4.79 Å². The van der Waals surface area contributed by atoms with Crippen LogP contribution in [0.1, 0.15) is 52.9 Å². The summed E-state index contributed by atoms with van der Waals surface area (Å²) < 4.78 is 0. The molecule has 0 aromatic heterocycles. The first-order valence-electron chi connectivity index (χ1n) is 8.16. The summed E-state index contributed by atoms with van der Waals surface area (Å²) in [4.78, 5) is 14.8. The fourth-order valence-electron chi connectivity index (χ4n) is 3.63. The molecule has 1 amide bonds. The first-order chi connectivity index (χ1) is 9.16. The van der Waals surface area contributed by atoms with Gasteiger partial charge in [0.25, 0.3) is 0 Å². The second-order valence-corrected chi connectivity index (χ2v) is 6.43. The number of nitrogens with zero attached hydrogens (tertiary/aromatic N) is 1. The van der Waals surface area contributed by atoms with E-state index in [1.165, 1.54) is 25.7 Å². The van der Waals surface area contributed by atoms with E-state index in [1.807, 2.05) is 0 Å². The molecule has 1 heterocycles. The van der Waals surface area contributed by atoms with Gasteiger partial charge in [-0.05, 0) is 50.6 Å². The number of carbonyl (C=O) groups excluding carboxylic acids is 1. The maximum atomic E-state index is 12.7. The number of rotatable bonds is 6. The first kappa shape index (κ1) is 17.8. The molecule has 20 heavy (non-hydrogen) atoms. The summed E-state index contributed by atoms with van der Waals surface area (Å²) in [5.41, 5.74) is 0.379. The fraction of sp³-hybridized carbons (Fsp3) is 0.938. The third-order valence-corrected chi connectivity index (χ3v) is 5.41. The Hall–Kier alpha value is -0.280. The van der Waals surface area contributed by atoms with E-state index in [4.69, 9.17) is 0 Å². The third kappa shape index (κ3) is 3.67. The number of carbonyl (C=O) groups is 1. The maximum Gasteiger partial charge on any atom is 0.226 e. The smallest absolute Gasteiger partial charge is 0.226 e. The summed E-state index contributed by atoms with van der Waals surface area (Å²) in [6.45, 7) is 10.6. The van der Waals surface area contributed by atoms with E-state index in [0.717, 1.165) is 32.6 Å². The van der Waals surface area contributed by atoms with Gasteiger partial charge < -0.3 is 10.2 Å². The molecule has 1 unspecified atom stereocenters. The number of nitrogens with one attached hydrogen (secondary N) is 1. The minimum absolute atomic E-state index is 0. The highest BCUT2D eigenvalue weighted by Gasteiger charge is 2.58. The van der Waals surface area contributed by atoms with Gasteiger partial charge in [0.1, 0.15) is 0 Å². The fourth-order valence-corrected chi connectivity index (χ4v) is 3.63. The van der Waals surface area contributed by atoms with Crippen molar-refractivity contribution in [1.82, 2.24) is 10.2 Å². The molecule has 1 saturated carbocycles. The van der Waals surface area contributed by atoms with Crippen molar-refractivity contribution in [3.8, 4) is 0 Å². The maximum absolute atomic E-state index is 12.7. The van der Waals surface area contributed by atoms with Crippen molar-refractivity contribution in [3.63, 3.8) is 0 Å². The minimum Gasteiger partial charge on any atom is -0.342 e. The molecule has 1 spiro atoms. The van der Waals surface area contributed by atoms with Crippen LogP contribution in [0.15, 0.2) is 0 Å². The zero-order chi connectivity index (χ0) is 13.9. The van der Waals surface area contributed by atoms with Gasteiger partial charge in [-0.15, -0.1) is 12.4 Å². The molecule has 1 N–H and O–H groups in total. The zero-order valence-electron chi connectivity index (χ0n) is 13.3. The van der Waals surface area contributed by atoms with Crippen molar-refractivity contribution in [1.29, 1.82) is 0 Å². The zero-order valence-corrected chi connectivity index (χ0v) is 14.1. The van der Waals surface area contributed by atoms with Gasteiger partial charge in [-0.1, -0.05) is 26.7 Å². The average molecular weight is 303 g/mol. The molecule has 2 rings (SSSR count).